The van der Waals surface area contributed by atoms with E-state index in [0.29, 0.717) is 12.1 Å². The van der Waals surface area contributed by atoms with Crippen molar-refractivity contribution in [2.45, 2.75) is 11.8 Å². The van der Waals surface area contributed by atoms with Gasteiger partial charge >= 0.3 is 0 Å². The summed E-state index contributed by atoms with van der Waals surface area (Å²) in [5, 5.41) is 0. The molecule has 3 rings (SSSR count). The monoisotopic (exact) mass is 407 g/mol. The van der Waals surface area contributed by atoms with Gasteiger partial charge in [-0.25, -0.2) is 17.5 Å². The van der Waals surface area contributed by atoms with Gasteiger partial charge in [0.15, 0.2) is 0 Å². The Labute approximate surface area is 166 Å². The topological polar surface area (TPSA) is 61.9 Å². The molecule has 0 saturated carbocycles. The van der Waals surface area contributed by atoms with Crippen molar-refractivity contribution in [1.29, 1.82) is 0 Å². The van der Waals surface area contributed by atoms with Gasteiger partial charge in [-0.15, -0.1) is 0 Å². The molecule has 1 aliphatic heterocycles. The molecule has 1 saturated heterocycles. The number of hydrogen-bond donors (Lipinski definition) is 1. The lowest BCUT2D eigenvalue weighted by Crippen LogP contribution is -2.48. The zero-order valence-corrected chi connectivity index (χ0v) is 17.0. The van der Waals surface area contributed by atoms with Crippen LogP contribution in [0.3, 0.4) is 0 Å². The van der Waals surface area contributed by atoms with Crippen LogP contribution in [0.15, 0.2) is 47.4 Å². The molecular formula is C20H26FN3O3S. The number of methoxy groups -OCH3 is 1. The molecule has 0 aliphatic carbocycles. The molecule has 28 heavy (non-hydrogen) atoms. The van der Waals surface area contributed by atoms with Crippen molar-refractivity contribution in [1.82, 2.24) is 9.62 Å². The molecule has 2 aromatic carbocycles. The molecule has 6 nitrogen and oxygen atoms in total. The average molecular weight is 408 g/mol. The minimum Gasteiger partial charge on any atom is -0.495 e. The van der Waals surface area contributed by atoms with Gasteiger partial charge < -0.3 is 9.64 Å². The van der Waals surface area contributed by atoms with Gasteiger partial charge in [-0.1, -0.05) is 18.2 Å². The summed E-state index contributed by atoms with van der Waals surface area (Å²) in [5.74, 6) is 0.299. The molecular weight excluding hydrogens is 381 g/mol. The summed E-state index contributed by atoms with van der Waals surface area (Å²) in [6, 6.07) is 11.7. The molecule has 1 N–H and O–H groups in total. The quantitative estimate of drug-likeness (QED) is 0.763. The summed E-state index contributed by atoms with van der Waals surface area (Å²) >= 11 is 0. The standard InChI is InChI=1S/C20H26FN3O3S/c1-16-7-8-17(21)15-20(16)28(25,26)22-9-10-23-11-13-24(14-12-23)18-5-3-4-6-19(18)27-2/h3-8,15,22H,9-14H2,1-2H3. The highest BCUT2D eigenvalue weighted by Gasteiger charge is 2.21. The highest BCUT2D eigenvalue weighted by atomic mass is 32.2. The first-order valence-corrected chi connectivity index (χ1v) is 10.7. The molecule has 2 aromatic rings. The fourth-order valence-electron chi connectivity index (χ4n) is 3.38. The van der Waals surface area contributed by atoms with E-state index in [2.05, 4.69) is 14.5 Å². The molecule has 0 aromatic heterocycles. The van der Waals surface area contributed by atoms with Gasteiger partial charge in [0.25, 0.3) is 0 Å². The SMILES string of the molecule is COc1ccccc1N1CCN(CCNS(=O)(=O)c2cc(F)ccc2C)CC1. The first-order valence-electron chi connectivity index (χ1n) is 9.27. The van der Waals surface area contributed by atoms with Gasteiger partial charge in [-0.2, -0.15) is 0 Å². The van der Waals surface area contributed by atoms with Crippen molar-refractivity contribution in [2.75, 3.05) is 51.3 Å². The Balaban J connectivity index is 1.51. The summed E-state index contributed by atoms with van der Waals surface area (Å²) in [4.78, 5) is 4.48. The van der Waals surface area contributed by atoms with Crippen LogP contribution in [0.25, 0.3) is 0 Å². The minimum absolute atomic E-state index is 0.00603. The van der Waals surface area contributed by atoms with Crippen molar-refractivity contribution >= 4 is 15.7 Å². The number of benzene rings is 2. The second-order valence-electron chi connectivity index (χ2n) is 6.81. The van der Waals surface area contributed by atoms with Crippen LogP contribution in [-0.4, -0.2) is 59.7 Å². The Hall–Kier alpha value is -2.16. The highest BCUT2D eigenvalue weighted by Crippen LogP contribution is 2.28. The van der Waals surface area contributed by atoms with E-state index in [1.807, 2.05) is 24.3 Å². The maximum absolute atomic E-state index is 13.4. The zero-order valence-electron chi connectivity index (χ0n) is 16.2. The first kappa shape index (κ1) is 20.6. The molecule has 0 atom stereocenters. The number of nitrogens with zero attached hydrogens (tertiary/aromatic N) is 2. The van der Waals surface area contributed by atoms with E-state index in [1.54, 1.807) is 14.0 Å². The summed E-state index contributed by atoms with van der Waals surface area (Å²) in [6.07, 6.45) is 0. The summed E-state index contributed by atoms with van der Waals surface area (Å²) < 4.78 is 46.3. The number of para-hydroxylation sites is 2. The lowest BCUT2D eigenvalue weighted by atomic mass is 10.2. The third-order valence-electron chi connectivity index (χ3n) is 4.96. The molecule has 0 unspecified atom stereocenters. The van der Waals surface area contributed by atoms with Crippen LogP contribution >= 0.6 is 0 Å². The molecule has 0 bridgehead atoms. The number of rotatable bonds is 7. The number of sulfonamides is 1. The second-order valence-corrected chi connectivity index (χ2v) is 8.54. The van der Waals surface area contributed by atoms with Crippen molar-refractivity contribution in [3.8, 4) is 5.75 Å². The van der Waals surface area contributed by atoms with Gasteiger partial charge in [-0.3, -0.25) is 4.90 Å². The van der Waals surface area contributed by atoms with E-state index in [-0.39, 0.29) is 11.4 Å². The summed E-state index contributed by atoms with van der Waals surface area (Å²) in [6.45, 7) is 5.90. The third kappa shape index (κ3) is 4.81. The number of piperazine rings is 1. The van der Waals surface area contributed by atoms with Gasteiger partial charge in [0.1, 0.15) is 11.6 Å². The Kier molecular flexibility index (Phi) is 6.53. The number of halogens is 1. The van der Waals surface area contributed by atoms with Gasteiger partial charge in [0.05, 0.1) is 17.7 Å². The molecule has 0 radical (unpaired) electrons. The van der Waals surface area contributed by atoms with Crippen LogP contribution in [-0.2, 0) is 10.0 Å². The van der Waals surface area contributed by atoms with Crippen molar-refractivity contribution in [3.63, 3.8) is 0 Å². The Morgan fingerprint density at radius 1 is 1.11 bits per heavy atom. The van der Waals surface area contributed by atoms with Crippen LogP contribution in [0.5, 0.6) is 5.75 Å². The van der Waals surface area contributed by atoms with E-state index >= 15 is 0 Å². The highest BCUT2D eigenvalue weighted by molar-refractivity contribution is 7.89. The van der Waals surface area contributed by atoms with Crippen molar-refractivity contribution < 1.29 is 17.5 Å². The van der Waals surface area contributed by atoms with Crippen LogP contribution in [0.1, 0.15) is 5.56 Å². The molecule has 1 fully saturated rings. The number of hydrogen-bond acceptors (Lipinski definition) is 5. The third-order valence-corrected chi connectivity index (χ3v) is 6.56. The summed E-state index contributed by atoms with van der Waals surface area (Å²) in [5.41, 5.74) is 1.60. The maximum atomic E-state index is 13.4. The summed E-state index contributed by atoms with van der Waals surface area (Å²) in [7, 11) is -2.05. The van der Waals surface area contributed by atoms with Crippen LogP contribution in [0.4, 0.5) is 10.1 Å². The number of anilines is 1. The predicted molar refractivity (Wildman–Crippen MR) is 108 cm³/mol. The smallest absolute Gasteiger partial charge is 0.240 e. The number of aryl methyl sites for hydroxylation is 1. The second kappa shape index (κ2) is 8.89. The van der Waals surface area contributed by atoms with E-state index in [4.69, 9.17) is 4.74 Å². The number of nitrogens with one attached hydrogen (secondary N) is 1. The van der Waals surface area contributed by atoms with Crippen molar-refractivity contribution in [2.24, 2.45) is 0 Å². The van der Waals surface area contributed by atoms with Gasteiger partial charge in [0, 0.05) is 39.3 Å². The number of ether oxygens (including phenoxy) is 1. The Morgan fingerprint density at radius 3 is 2.54 bits per heavy atom. The van der Waals surface area contributed by atoms with Crippen LogP contribution < -0.4 is 14.4 Å². The predicted octanol–water partition coefficient (Wildman–Crippen LogP) is 2.24. The Morgan fingerprint density at radius 2 is 1.82 bits per heavy atom. The molecule has 0 spiro atoms. The maximum Gasteiger partial charge on any atom is 0.240 e. The fourth-order valence-corrected chi connectivity index (χ4v) is 4.66. The van der Waals surface area contributed by atoms with E-state index in [0.717, 1.165) is 43.7 Å². The molecule has 8 heteroatoms. The fraction of sp³-hybridized carbons (Fsp3) is 0.400. The lowest BCUT2D eigenvalue weighted by Gasteiger charge is -2.36. The van der Waals surface area contributed by atoms with E-state index in [1.165, 1.54) is 12.1 Å². The van der Waals surface area contributed by atoms with E-state index in [9.17, 15) is 12.8 Å². The van der Waals surface area contributed by atoms with Crippen LogP contribution in [0.2, 0.25) is 0 Å². The van der Waals surface area contributed by atoms with E-state index < -0.39 is 15.8 Å². The first-order chi connectivity index (χ1) is 13.4. The average Bonchev–Trinajstić information content (AvgIpc) is 2.70. The van der Waals surface area contributed by atoms with Crippen LogP contribution in [0, 0.1) is 12.7 Å². The molecule has 1 aliphatic rings. The van der Waals surface area contributed by atoms with Gasteiger partial charge in [0.2, 0.25) is 10.0 Å². The largest absolute Gasteiger partial charge is 0.495 e. The normalized spacial score (nSPS) is 15.6. The van der Waals surface area contributed by atoms with Gasteiger partial charge in [-0.05, 0) is 36.8 Å². The molecule has 0 amide bonds. The van der Waals surface area contributed by atoms with Crippen molar-refractivity contribution in [3.05, 3.63) is 53.8 Å². The molecule has 152 valence electrons. The Bertz CT molecular complexity index is 913. The lowest BCUT2D eigenvalue weighted by molar-refractivity contribution is 0.261. The molecule has 1 heterocycles. The zero-order chi connectivity index (χ0) is 20.1. The minimum atomic E-state index is -3.72.